The molecule has 0 saturated carbocycles. The van der Waals surface area contributed by atoms with E-state index in [1.54, 1.807) is 36.4 Å². The summed E-state index contributed by atoms with van der Waals surface area (Å²) in [5, 5.41) is 0. The molecule has 0 aromatic heterocycles. The highest BCUT2D eigenvalue weighted by molar-refractivity contribution is 5.91. The van der Waals surface area contributed by atoms with Crippen molar-refractivity contribution in [2.45, 2.75) is 65.9 Å². The highest BCUT2D eigenvalue weighted by atomic mass is 16.5. The van der Waals surface area contributed by atoms with Crippen LogP contribution in [-0.2, 0) is 11.2 Å². The number of benzene rings is 3. The summed E-state index contributed by atoms with van der Waals surface area (Å²) < 4.78 is 11.2. The molecule has 0 heterocycles. The fourth-order valence-electron chi connectivity index (χ4n) is 4.17. The monoisotopic (exact) mass is 472 g/mol. The largest absolute Gasteiger partial charge is 0.459 e. The average Bonchev–Trinajstić information content (AvgIpc) is 2.88. The molecular formula is C31H36O4. The van der Waals surface area contributed by atoms with Gasteiger partial charge in [-0.2, -0.15) is 0 Å². The molecule has 35 heavy (non-hydrogen) atoms. The molecule has 4 nitrogen and oxygen atoms in total. The first-order chi connectivity index (χ1) is 16.9. The van der Waals surface area contributed by atoms with E-state index in [1.807, 2.05) is 43.3 Å². The predicted octanol–water partition coefficient (Wildman–Crippen LogP) is 7.90. The second-order valence-corrected chi connectivity index (χ2v) is 9.07. The number of carbonyl (C=O) groups is 2. The molecule has 3 rings (SSSR count). The summed E-state index contributed by atoms with van der Waals surface area (Å²) in [7, 11) is 0. The molecule has 4 heteroatoms. The molecule has 0 aliphatic heterocycles. The Hall–Kier alpha value is -3.40. The Bertz CT molecular complexity index is 1080. The van der Waals surface area contributed by atoms with Gasteiger partial charge in [0.1, 0.15) is 5.75 Å². The van der Waals surface area contributed by atoms with Gasteiger partial charge in [0.2, 0.25) is 0 Å². The zero-order chi connectivity index (χ0) is 25.2. The van der Waals surface area contributed by atoms with Crippen molar-refractivity contribution >= 4 is 11.9 Å². The van der Waals surface area contributed by atoms with Gasteiger partial charge >= 0.3 is 11.9 Å². The van der Waals surface area contributed by atoms with E-state index < -0.39 is 0 Å². The van der Waals surface area contributed by atoms with Crippen LogP contribution in [0.4, 0.5) is 0 Å². The van der Waals surface area contributed by atoms with E-state index in [0.717, 1.165) is 43.2 Å². The SMILES string of the molecule is CCCc1ccc(C(=O)Oc2ccc(-c3ccc(C(=O)O[C@H](C)CC(CC)CC)cc3)cc2)cc1. The summed E-state index contributed by atoms with van der Waals surface area (Å²) in [6, 6.07) is 22.3. The van der Waals surface area contributed by atoms with E-state index in [-0.39, 0.29) is 18.0 Å². The minimum Gasteiger partial charge on any atom is -0.459 e. The van der Waals surface area contributed by atoms with Gasteiger partial charge in [-0.3, -0.25) is 0 Å². The molecule has 0 amide bonds. The van der Waals surface area contributed by atoms with Gasteiger partial charge in [-0.05, 0) is 78.8 Å². The molecule has 3 aromatic carbocycles. The molecule has 0 fully saturated rings. The first kappa shape index (κ1) is 26.2. The van der Waals surface area contributed by atoms with Crippen LogP contribution >= 0.6 is 0 Å². The Labute approximate surface area is 209 Å². The third kappa shape index (κ3) is 7.54. The average molecular weight is 473 g/mol. The van der Waals surface area contributed by atoms with Crippen LogP contribution in [-0.4, -0.2) is 18.0 Å². The number of hydrogen-bond donors (Lipinski definition) is 0. The van der Waals surface area contributed by atoms with Crippen LogP contribution in [0, 0.1) is 5.92 Å². The summed E-state index contributed by atoms with van der Waals surface area (Å²) in [5.74, 6) is 0.402. The van der Waals surface area contributed by atoms with Gasteiger partial charge in [-0.25, -0.2) is 9.59 Å². The van der Waals surface area contributed by atoms with Crippen LogP contribution in [0.2, 0.25) is 0 Å². The molecule has 0 aliphatic rings. The lowest BCUT2D eigenvalue weighted by molar-refractivity contribution is 0.0285. The Balaban J connectivity index is 1.58. The maximum Gasteiger partial charge on any atom is 0.343 e. The van der Waals surface area contributed by atoms with Crippen LogP contribution in [0.25, 0.3) is 11.1 Å². The van der Waals surface area contributed by atoms with Gasteiger partial charge in [-0.15, -0.1) is 0 Å². The van der Waals surface area contributed by atoms with Crippen LogP contribution in [0.5, 0.6) is 5.75 Å². The van der Waals surface area contributed by atoms with Crippen LogP contribution in [0.1, 0.15) is 79.7 Å². The maximum atomic E-state index is 12.5. The van der Waals surface area contributed by atoms with E-state index in [1.165, 1.54) is 5.56 Å². The van der Waals surface area contributed by atoms with Crippen molar-refractivity contribution in [1.29, 1.82) is 0 Å². The van der Waals surface area contributed by atoms with Crippen molar-refractivity contribution in [3.05, 3.63) is 89.5 Å². The van der Waals surface area contributed by atoms with E-state index in [4.69, 9.17) is 9.47 Å². The van der Waals surface area contributed by atoms with E-state index >= 15 is 0 Å². The molecular weight excluding hydrogens is 436 g/mol. The quantitative estimate of drug-likeness (QED) is 0.210. The molecule has 184 valence electrons. The number of esters is 2. The maximum absolute atomic E-state index is 12.5. The Morgan fingerprint density at radius 2 is 1.23 bits per heavy atom. The molecule has 0 bridgehead atoms. The lowest BCUT2D eigenvalue weighted by Crippen LogP contribution is -2.18. The van der Waals surface area contributed by atoms with Gasteiger partial charge in [-0.1, -0.05) is 76.4 Å². The zero-order valence-electron chi connectivity index (χ0n) is 21.3. The third-order valence-corrected chi connectivity index (χ3v) is 6.38. The normalized spacial score (nSPS) is 11.8. The highest BCUT2D eigenvalue weighted by Crippen LogP contribution is 2.24. The number of aryl methyl sites for hydroxylation is 1. The van der Waals surface area contributed by atoms with E-state index in [0.29, 0.717) is 22.8 Å². The standard InChI is InChI=1S/C31H36O4/c1-5-8-24-9-11-27(12-10-24)31(33)35-29-19-17-26(18-20-29)25-13-15-28(16-14-25)30(32)34-22(4)21-23(6-2)7-3/h9-20,22-23H,5-8,21H2,1-4H3/t22-/m1/s1. The van der Waals surface area contributed by atoms with Crippen molar-refractivity contribution in [3.8, 4) is 16.9 Å². The molecule has 1 atom stereocenters. The molecule has 0 N–H and O–H groups in total. The van der Waals surface area contributed by atoms with Crippen molar-refractivity contribution in [1.82, 2.24) is 0 Å². The Morgan fingerprint density at radius 3 is 1.77 bits per heavy atom. The fraction of sp³-hybridized carbons (Fsp3) is 0.355. The van der Waals surface area contributed by atoms with Crippen LogP contribution in [0.15, 0.2) is 72.8 Å². The van der Waals surface area contributed by atoms with Gasteiger partial charge in [0.25, 0.3) is 0 Å². The number of ether oxygens (including phenoxy) is 2. The zero-order valence-corrected chi connectivity index (χ0v) is 21.3. The number of rotatable bonds is 11. The minimum absolute atomic E-state index is 0.100. The lowest BCUT2D eigenvalue weighted by Gasteiger charge is -2.18. The Kier molecular flexibility index (Phi) is 9.66. The molecule has 0 spiro atoms. The molecule has 0 unspecified atom stereocenters. The predicted molar refractivity (Wildman–Crippen MR) is 141 cm³/mol. The molecule has 0 aliphatic carbocycles. The van der Waals surface area contributed by atoms with Gasteiger partial charge in [0, 0.05) is 0 Å². The van der Waals surface area contributed by atoms with Crippen molar-refractivity contribution in [3.63, 3.8) is 0 Å². The fourth-order valence-corrected chi connectivity index (χ4v) is 4.17. The third-order valence-electron chi connectivity index (χ3n) is 6.38. The smallest absolute Gasteiger partial charge is 0.343 e. The summed E-state index contributed by atoms with van der Waals surface area (Å²) >= 11 is 0. The molecule has 0 radical (unpaired) electrons. The van der Waals surface area contributed by atoms with Crippen molar-refractivity contribution < 1.29 is 19.1 Å². The Morgan fingerprint density at radius 1 is 0.714 bits per heavy atom. The summed E-state index contributed by atoms with van der Waals surface area (Å²) in [6.45, 7) is 8.43. The number of carbonyl (C=O) groups excluding carboxylic acids is 2. The number of hydrogen-bond acceptors (Lipinski definition) is 4. The topological polar surface area (TPSA) is 52.6 Å². The minimum atomic E-state index is -0.373. The molecule has 0 saturated heterocycles. The highest BCUT2D eigenvalue weighted by Gasteiger charge is 2.16. The summed E-state index contributed by atoms with van der Waals surface area (Å²) in [4.78, 5) is 24.9. The van der Waals surface area contributed by atoms with E-state index in [2.05, 4.69) is 20.8 Å². The van der Waals surface area contributed by atoms with Crippen LogP contribution in [0.3, 0.4) is 0 Å². The van der Waals surface area contributed by atoms with Gasteiger partial charge in [0.05, 0.1) is 17.2 Å². The first-order valence-electron chi connectivity index (χ1n) is 12.7. The van der Waals surface area contributed by atoms with Gasteiger partial charge < -0.3 is 9.47 Å². The second-order valence-electron chi connectivity index (χ2n) is 9.07. The lowest BCUT2D eigenvalue weighted by atomic mass is 9.97. The van der Waals surface area contributed by atoms with Gasteiger partial charge in [0.15, 0.2) is 0 Å². The summed E-state index contributed by atoms with van der Waals surface area (Å²) in [6.07, 6.45) is 5.04. The van der Waals surface area contributed by atoms with Crippen molar-refractivity contribution in [2.75, 3.05) is 0 Å². The second kappa shape index (κ2) is 12.9. The summed E-state index contributed by atoms with van der Waals surface area (Å²) in [5.41, 5.74) is 4.22. The first-order valence-corrected chi connectivity index (χ1v) is 12.7. The van der Waals surface area contributed by atoms with Crippen LogP contribution < -0.4 is 4.74 Å². The van der Waals surface area contributed by atoms with E-state index in [9.17, 15) is 9.59 Å². The van der Waals surface area contributed by atoms with Crippen molar-refractivity contribution in [2.24, 2.45) is 5.92 Å². The molecule has 3 aromatic rings.